The molecule has 45 heavy (non-hydrogen) atoms. The molecule has 2 aromatic carbocycles. The molecule has 3 aromatic rings. The number of rotatable bonds is 6. The topological polar surface area (TPSA) is 53.9 Å². The van der Waals surface area contributed by atoms with Crippen molar-refractivity contribution in [2.24, 2.45) is 10.4 Å². The lowest BCUT2D eigenvalue weighted by molar-refractivity contribution is -0.153. The van der Waals surface area contributed by atoms with Gasteiger partial charge in [-0.05, 0) is 118 Å². The van der Waals surface area contributed by atoms with Crippen LogP contribution in [0.1, 0.15) is 97.7 Å². The normalized spacial score (nSPS) is 21.8. The number of aryl methyl sites for hydroxylation is 1. The van der Waals surface area contributed by atoms with E-state index in [1.54, 1.807) is 0 Å². The van der Waals surface area contributed by atoms with Crippen molar-refractivity contribution in [2.45, 2.75) is 89.3 Å². The number of fused-ring (bicyclic) bond motifs is 2. The van der Waals surface area contributed by atoms with Crippen LogP contribution in [-0.2, 0) is 6.54 Å². The summed E-state index contributed by atoms with van der Waals surface area (Å²) in [6.07, 6.45) is 7.49. The smallest absolute Gasteiger partial charge is 0.422 e. The Morgan fingerprint density at radius 3 is 2.36 bits per heavy atom. The number of alkyl halides is 3. The molecule has 2 saturated heterocycles. The summed E-state index contributed by atoms with van der Waals surface area (Å²) in [5.74, 6) is 2.31. The molecule has 0 amide bonds. The molecule has 0 N–H and O–H groups in total. The number of hydrogen-bond acceptors (Lipinski definition) is 6. The number of anilines is 1. The summed E-state index contributed by atoms with van der Waals surface area (Å²) in [4.78, 5) is 19.8. The third-order valence-electron chi connectivity index (χ3n) is 11.3. The standard InChI is InChI=1S/C36H42F3N5O/c1-22-4-5-25-19-40-20-28(25)29(22)30-26(23-6-7-23)18-27-31(32(30)45-21-36(37,38)39)41-33(24-8-14-43(2)15-9-24)42-34(27)44-16-12-35(13-17-44)10-3-11-35/h4-5,18,20,23-24H,3,6-17,19,21H2,1-2H3. The van der Waals surface area contributed by atoms with Crippen LogP contribution in [0.5, 0.6) is 5.75 Å². The highest BCUT2D eigenvalue weighted by molar-refractivity contribution is 6.04. The van der Waals surface area contributed by atoms with Gasteiger partial charge in [0.05, 0.1) is 6.54 Å². The van der Waals surface area contributed by atoms with Gasteiger partial charge in [-0.2, -0.15) is 13.2 Å². The average Bonchev–Trinajstić information content (AvgIpc) is 3.75. The van der Waals surface area contributed by atoms with Crippen molar-refractivity contribution in [3.8, 4) is 16.9 Å². The molecule has 1 aromatic heterocycles. The molecule has 9 heteroatoms. The summed E-state index contributed by atoms with van der Waals surface area (Å²) in [5, 5.41) is 0.831. The minimum atomic E-state index is -4.48. The number of benzene rings is 2. The molecule has 4 heterocycles. The first-order valence-electron chi connectivity index (χ1n) is 16.8. The van der Waals surface area contributed by atoms with E-state index in [1.165, 1.54) is 19.3 Å². The molecule has 4 fully saturated rings. The van der Waals surface area contributed by atoms with Gasteiger partial charge in [0.1, 0.15) is 17.2 Å². The second-order valence-corrected chi connectivity index (χ2v) is 14.4. The number of piperidine rings is 2. The highest BCUT2D eigenvalue weighted by Gasteiger charge is 2.41. The van der Waals surface area contributed by atoms with Crippen molar-refractivity contribution in [2.75, 3.05) is 44.7 Å². The second-order valence-electron chi connectivity index (χ2n) is 14.4. The van der Waals surface area contributed by atoms with Crippen molar-refractivity contribution in [3.05, 3.63) is 46.3 Å². The van der Waals surface area contributed by atoms with E-state index in [9.17, 15) is 13.2 Å². The third kappa shape index (κ3) is 5.38. The summed E-state index contributed by atoms with van der Waals surface area (Å²) < 4.78 is 47.8. The first-order valence-corrected chi connectivity index (χ1v) is 16.8. The van der Waals surface area contributed by atoms with Gasteiger partial charge in [-0.15, -0.1) is 0 Å². The maximum absolute atomic E-state index is 13.9. The van der Waals surface area contributed by atoms with Crippen LogP contribution in [-0.4, -0.2) is 67.1 Å². The Kier molecular flexibility index (Phi) is 7.11. The summed E-state index contributed by atoms with van der Waals surface area (Å²) in [6, 6.07) is 6.37. The predicted molar refractivity (Wildman–Crippen MR) is 172 cm³/mol. The Morgan fingerprint density at radius 2 is 1.69 bits per heavy atom. The van der Waals surface area contributed by atoms with E-state index >= 15 is 0 Å². The highest BCUT2D eigenvalue weighted by atomic mass is 19.4. The third-order valence-corrected chi connectivity index (χ3v) is 11.3. The quantitative estimate of drug-likeness (QED) is 0.281. The molecule has 238 valence electrons. The Labute approximate surface area is 263 Å². The minimum Gasteiger partial charge on any atom is -0.481 e. The monoisotopic (exact) mass is 617 g/mol. The van der Waals surface area contributed by atoms with E-state index in [0.717, 1.165) is 115 Å². The summed E-state index contributed by atoms with van der Waals surface area (Å²) >= 11 is 0. The molecule has 0 unspecified atom stereocenters. The lowest BCUT2D eigenvalue weighted by Gasteiger charge is -2.48. The van der Waals surface area contributed by atoms with Crippen LogP contribution in [0, 0.1) is 12.3 Å². The van der Waals surface area contributed by atoms with Crippen LogP contribution in [0.4, 0.5) is 19.0 Å². The van der Waals surface area contributed by atoms with E-state index in [1.807, 2.05) is 13.1 Å². The fourth-order valence-corrected chi connectivity index (χ4v) is 8.21. The average molecular weight is 618 g/mol. The number of likely N-dealkylation sites (tertiary alicyclic amines) is 1. The Morgan fingerprint density at radius 1 is 0.933 bits per heavy atom. The zero-order valence-corrected chi connectivity index (χ0v) is 26.3. The van der Waals surface area contributed by atoms with E-state index in [0.29, 0.717) is 17.5 Å². The van der Waals surface area contributed by atoms with Gasteiger partial charge in [0.2, 0.25) is 0 Å². The number of ether oxygens (including phenoxy) is 1. The van der Waals surface area contributed by atoms with Crippen molar-refractivity contribution in [1.82, 2.24) is 14.9 Å². The molecule has 8 rings (SSSR count). The summed E-state index contributed by atoms with van der Waals surface area (Å²) in [5.41, 5.74) is 6.83. The van der Waals surface area contributed by atoms with Gasteiger partial charge in [-0.1, -0.05) is 18.6 Å². The van der Waals surface area contributed by atoms with E-state index in [-0.39, 0.29) is 17.6 Å². The molecule has 3 aliphatic heterocycles. The Bertz CT molecular complexity index is 1660. The van der Waals surface area contributed by atoms with Crippen LogP contribution in [0.25, 0.3) is 22.0 Å². The predicted octanol–water partition coefficient (Wildman–Crippen LogP) is 7.94. The van der Waals surface area contributed by atoms with Gasteiger partial charge < -0.3 is 14.5 Å². The summed E-state index contributed by atoms with van der Waals surface area (Å²) in [7, 11) is 2.13. The van der Waals surface area contributed by atoms with Gasteiger partial charge in [0.25, 0.3) is 0 Å². The molecular weight excluding hydrogens is 575 g/mol. The Hall–Kier alpha value is -3.20. The second kappa shape index (κ2) is 11.0. The lowest BCUT2D eigenvalue weighted by Crippen LogP contribution is -2.44. The fourth-order valence-electron chi connectivity index (χ4n) is 8.21. The van der Waals surface area contributed by atoms with Crippen LogP contribution >= 0.6 is 0 Å². The molecule has 0 atom stereocenters. The summed E-state index contributed by atoms with van der Waals surface area (Å²) in [6.45, 7) is 4.99. The van der Waals surface area contributed by atoms with E-state index in [2.05, 4.69) is 40.0 Å². The molecule has 2 saturated carbocycles. The number of aromatic nitrogens is 2. The van der Waals surface area contributed by atoms with Crippen LogP contribution < -0.4 is 9.64 Å². The van der Waals surface area contributed by atoms with Crippen molar-refractivity contribution >= 4 is 22.9 Å². The SMILES string of the molecule is Cc1ccc2c(c1-c1c(C3CC3)cc3c(N4CCC5(CCC5)CC4)nc(C4CCN(C)CC4)nc3c1OCC(F)(F)F)C=NC2. The first-order chi connectivity index (χ1) is 21.7. The van der Waals surface area contributed by atoms with Gasteiger partial charge in [0.15, 0.2) is 12.4 Å². The van der Waals surface area contributed by atoms with Crippen LogP contribution in [0.2, 0.25) is 0 Å². The van der Waals surface area contributed by atoms with E-state index in [4.69, 9.17) is 14.7 Å². The zero-order chi connectivity index (χ0) is 30.9. The first kappa shape index (κ1) is 29.2. The number of aliphatic imine (C=N–C) groups is 1. The van der Waals surface area contributed by atoms with Crippen molar-refractivity contribution in [1.29, 1.82) is 0 Å². The lowest BCUT2D eigenvalue weighted by atomic mass is 9.63. The van der Waals surface area contributed by atoms with E-state index < -0.39 is 12.8 Å². The maximum atomic E-state index is 13.9. The molecule has 5 aliphatic rings. The van der Waals surface area contributed by atoms with Crippen LogP contribution in [0.15, 0.2) is 23.2 Å². The molecule has 6 nitrogen and oxygen atoms in total. The minimum absolute atomic E-state index is 0.156. The molecule has 2 aliphatic carbocycles. The van der Waals surface area contributed by atoms with Gasteiger partial charge in [-0.25, -0.2) is 9.97 Å². The van der Waals surface area contributed by atoms with Gasteiger partial charge in [0, 0.05) is 41.7 Å². The number of nitrogens with zero attached hydrogens (tertiary/aromatic N) is 5. The van der Waals surface area contributed by atoms with Crippen molar-refractivity contribution < 1.29 is 17.9 Å². The van der Waals surface area contributed by atoms with Crippen LogP contribution in [0.3, 0.4) is 0 Å². The van der Waals surface area contributed by atoms with Crippen molar-refractivity contribution in [3.63, 3.8) is 0 Å². The molecule has 0 radical (unpaired) electrons. The number of hydrogen-bond donors (Lipinski definition) is 0. The van der Waals surface area contributed by atoms with Gasteiger partial charge >= 0.3 is 6.18 Å². The number of halogens is 3. The molecule has 0 bridgehead atoms. The maximum Gasteiger partial charge on any atom is 0.422 e. The zero-order valence-electron chi connectivity index (χ0n) is 26.3. The Balaban J connectivity index is 1.37. The van der Waals surface area contributed by atoms with Gasteiger partial charge in [-0.3, -0.25) is 4.99 Å². The highest BCUT2D eigenvalue weighted by Crippen LogP contribution is 2.54. The molecule has 1 spiro atoms. The largest absolute Gasteiger partial charge is 0.481 e. The fraction of sp³-hybridized carbons (Fsp3) is 0.583. The molecular formula is C36H42F3N5O.